The topological polar surface area (TPSA) is 85.0 Å². The molecule has 0 spiro atoms. The number of H-pyrrole nitrogens is 1. The van der Waals surface area contributed by atoms with Crippen molar-refractivity contribution in [1.29, 1.82) is 0 Å². The Morgan fingerprint density at radius 3 is 2.50 bits per heavy atom. The van der Waals surface area contributed by atoms with Gasteiger partial charge in [-0.05, 0) is 30.7 Å². The molecular weight excluding hydrogens is 306 g/mol. The number of ether oxygens (including phenoxy) is 2. The quantitative estimate of drug-likeness (QED) is 0.725. The fourth-order valence-electron chi connectivity index (χ4n) is 2.36. The highest BCUT2D eigenvalue weighted by Crippen LogP contribution is 2.23. The van der Waals surface area contributed by atoms with E-state index in [-0.39, 0.29) is 0 Å². The normalized spacial score (nSPS) is 10.5. The lowest BCUT2D eigenvalue weighted by Gasteiger charge is -2.10. The van der Waals surface area contributed by atoms with E-state index >= 15 is 0 Å². The van der Waals surface area contributed by atoms with Crippen molar-refractivity contribution in [2.24, 2.45) is 0 Å². The number of aryl methyl sites for hydroxylation is 1. The monoisotopic (exact) mass is 325 g/mol. The van der Waals surface area contributed by atoms with Gasteiger partial charge in [-0.3, -0.25) is 5.10 Å². The van der Waals surface area contributed by atoms with Gasteiger partial charge in [-0.2, -0.15) is 5.10 Å². The highest BCUT2D eigenvalue weighted by Gasteiger charge is 2.08. The van der Waals surface area contributed by atoms with Crippen molar-refractivity contribution < 1.29 is 9.47 Å². The molecule has 0 aliphatic heterocycles. The second-order valence-electron chi connectivity index (χ2n) is 5.22. The van der Waals surface area contributed by atoms with Gasteiger partial charge in [0, 0.05) is 30.6 Å². The average molecular weight is 325 g/mol. The second kappa shape index (κ2) is 6.99. The number of methoxy groups -OCH3 is 2. The molecule has 3 rings (SSSR count). The van der Waals surface area contributed by atoms with Crippen LogP contribution in [0.3, 0.4) is 0 Å². The van der Waals surface area contributed by atoms with Crippen molar-refractivity contribution in [2.75, 3.05) is 19.5 Å². The number of anilines is 1. The standard InChI is InChI=1S/C17H19N5O2/c1-11-15(10-20-22-11)16-4-5-18-17(21-16)19-9-12-6-13(23-2)8-14(7-12)24-3/h4-8,10H,9H2,1-3H3,(H,20,22)(H,18,19,21). The third-order valence-corrected chi connectivity index (χ3v) is 3.62. The first-order chi connectivity index (χ1) is 11.7. The van der Waals surface area contributed by atoms with Gasteiger partial charge in [0.25, 0.3) is 0 Å². The molecule has 124 valence electrons. The zero-order valence-electron chi connectivity index (χ0n) is 13.8. The van der Waals surface area contributed by atoms with Crippen molar-refractivity contribution >= 4 is 5.95 Å². The first kappa shape index (κ1) is 15.8. The van der Waals surface area contributed by atoms with Crippen LogP contribution in [0, 0.1) is 6.92 Å². The molecule has 0 saturated heterocycles. The van der Waals surface area contributed by atoms with Crippen LogP contribution in [-0.2, 0) is 6.54 Å². The van der Waals surface area contributed by atoms with Gasteiger partial charge in [0.15, 0.2) is 0 Å². The fraction of sp³-hybridized carbons (Fsp3) is 0.235. The summed E-state index contributed by atoms with van der Waals surface area (Å²) in [5.74, 6) is 2.04. The first-order valence-electron chi connectivity index (χ1n) is 7.49. The Kier molecular flexibility index (Phi) is 4.60. The maximum Gasteiger partial charge on any atom is 0.223 e. The first-order valence-corrected chi connectivity index (χ1v) is 7.49. The van der Waals surface area contributed by atoms with Crippen LogP contribution in [0.25, 0.3) is 11.3 Å². The smallest absolute Gasteiger partial charge is 0.223 e. The average Bonchev–Trinajstić information content (AvgIpc) is 3.06. The minimum atomic E-state index is 0.551. The Morgan fingerprint density at radius 2 is 1.88 bits per heavy atom. The van der Waals surface area contributed by atoms with Gasteiger partial charge in [0.1, 0.15) is 11.5 Å². The lowest BCUT2D eigenvalue weighted by molar-refractivity contribution is 0.393. The zero-order valence-corrected chi connectivity index (χ0v) is 13.8. The summed E-state index contributed by atoms with van der Waals surface area (Å²) in [4.78, 5) is 8.80. The van der Waals surface area contributed by atoms with E-state index in [9.17, 15) is 0 Å². The molecular formula is C17H19N5O2. The summed E-state index contributed by atoms with van der Waals surface area (Å²) in [7, 11) is 3.26. The maximum atomic E-state index is 5.28. The predicted octanol–water partition coefficient (Wildman–Crippen LogP) is 2.80. The number of hydrogen-bond donors (Lipinski definition) is 2. The van der Waals surface area contributed by atoms with E-state index in [0.29, 0.717) is 12.5 Å². The molecule has 24 heavy (non-hydrogen) atoms. The molecule has 3 aromatic rings. The summed E-state index contributed by atoms with van der Waals surface area (Å²) in [6.07, 6.45) is 3.55. The molecule has 0 unspecified atom stereocenters. The highest BCUT2D eigenvalue weighted by molar-refractivity contribution is 5.61. The predicted molar refractivity (Wildman–Crippen MR) is 91.2 cm³/mol. The number of benzene rings is 1. The Labute approximate surface area is 140 Å². The number of aromatic nitrogens is 4. The molecule has 2 heterocycles. The van der Waals surface area contributed by atoms with Crippen molar-refractivity contribution in [2.45, 2.75) is 13.5 Å². The Morgan fingerprint density at radius 1 is 1.12 bits per heavy atom. The molecule has 7 heteroatoms. The van der Waals surface area contributed by atoms with E-state index in [4.69, 9.17) is 9.47 Å². The van der Waals surface area contributed by atoms with E-state index in [1.54, 1.807) is 20.4 Å². The van der Waals surface area contributed by atoms with Crippen LogP contribution >= 0.6 is 0 Å². The van der Waals surface area contributed by atoms with E-state index in [0.717, 1.165) is 34.0 Å². The molecule has 0 saturated carbocycles. The lowest BCUT2D eigenvalue weighted by Crippen LogP contribution is -2.04. The van der Waals surface area contributed by atoms with Gasteiger partial charge < -0.3 is 14.8 Å². The molecule has 0 bridgehead atoms. The molecule has 2 aromatic heterocycles. The molecule has 0 aliphatic rings. The Hall–Kier alpha value is -3.09. The van der Waals surface area contributed by atoms with Crippen molar-refractivity contribution in [3.63, 3.8) is 0 Å². The molecule has 0 amide bonds. The fourth-order valence-corrected chi connectivity index (χ4v) is 2.36. The summed E-state index contributed by atoms with van der Waals surface area (Å²) < 4.78 is 10.6. The van der Waals surface area contributed by atoms with E-state index in [1.807, 2.05) is 37.4 Å². The molecule has 1 aromatic carbocycles. The van der Waals surface area contributed by atoms with E-state index < -0.39 is 0 Å². The van der Waals surface area contributed by atoms with Gasteiger partial charge in [-0.25, -0.2) is 9.97 Å². The summed E-state index contributed by atoms with van der Waals surface area (Å²) in [6.45, 7) is 2.49. The van der Waals surface area contributed by atoms with Gasteiger partial charge in [0.2, 0.25) is 5.95 Å². The summed E-state index contributed by atoms with van der Waals surface area (Å²) >= 11 is 0. The molecule has 0 atom stereocenters. The second-order valence-corrected chi connectivity index (χ2v) is 5.22. The molecule has 0 radical (unpaired) electrons. The van der Waals surface area contributed by atoms with Crippen LogP contribution in [0.4, 0.5) is 5.95 Å². The van der Waals surface area contributed by atoms with E-state index in [2.05, 4.69) is 25.5 Å². The van der Waals surface area contributed by atoms with Gasteiger partial charge >= 0.3 is 0 Å². The number of hydrogen-bond acceptors (Lipinski definition) is 6. The molecule has 0 fully saturated rings. The highest BCUT2D eigenvalue weighted by atomic mass is 16.5. The minimum absolute atomic E-state index is 0.551. The number of aromatic amines is 1. The summed E-state index contributed by atoms with van der Waals surface area (Å²) in [5.41, 5.74) is 3.70. The van der Waals surface area contributed by atoms with Crippen molar-refractivity contribution in [3.8, 4) is 22.8 Å². The molecule has 7 nitrogen and oxygen atoms in total. The molecule has 0 aliphatic carbocycles. The van der Waals surface area contributed by atoms with Crippen LogP contribution < -0.4 is 14.8 Å². The number of rotatable bonds is 6. The zero-order chi connectivity index (χ0) is 16.9. The van der Waals surface area contributed by atoms with Gasteiger partial charge in [-0.15, -0.1) is 0 Å². The van der Waals surface area contributed by atoms with Crippen molar-refractivity contribution in [3.05, 3.63) is 47.9 Å². The number of nitrogens with zero attached hydrogens (tertiary/aromatic N) is 3. The van der Waals surface area contributed by atoms with E-state index in [1.165, 1.54) is 0 Å². The van der Waals surface area contributed by atoms with Crippen LogP contribution in [0.5, 0.6) is 11.5 Å². The van der Waals surface area contributed by atoms with Crippen molar-refractivity contribution in [1.82, 2.24) is 20.2 Å². The van der Waals surface area contributed by atoms with Gasteiger partial charge in [0.05, 0.1) is 25.6 Å². The maximum absolute atomic E-state index is 5.28. The SMILES string of the molecule is COc1cc(CNc2nccc(-c3c[nH]nc3C)n2)cc(OC)c1. The Bertz CT molecular complexity index is 809. The van der Waals surface area contributed by atoms with Crippen LogP contribution in [0.2, 0.25) is 0 Å². The largest absolute Gasteiger partial charge is 0.497 e. The third-order valence-electron chi connectivity index (χ3n) is 3.62. The van der Waals surface area contributed by atoms with Crippen LogP contribution in [0.1, 0.15) is 11.3 Å². The lowest BCUT2D eigenvalue weighted by atomic mass is 10.2. The number of nitrogens with one attached hydrogen (secondary N) is 2. The molecule has 2 N–H and O–H groups in total. The Balaban J connectivity index is 1.77. The van der Waals surface area contributed by atoms with Gasteiger partial charge in [-0.1, -0.05) is 0 Å². The summed E-state index contributed by atoms with van der Waals surface area (Å²) in [5, 5.41) is 10.2. The minimum Gasteiger partial charge on any atom is -0.497 e. The van der Waals surface area contributed by atoms with Crippen LogP contribution in [0.15, 0.2) is 36.7 Å². The summed E-state index contributed by atoms with van der Waals surface area (Å²) in [6, 6.07) is 7.58. The third kappa shape index (κ3) is 3.45. The van der Waals surface area contributed by atoms with Crippen LogP contribution in [-0.4, -0.2) is 34.4 Å².